The lowest BCUT2D eigenvalue weighted by molar-refractivity contribution is 0.517. The van der Waals surface area contributed by atoms with E-state index in [1.54, 1.807) is 0 Å². The lowest BCUT2D eigenvalue weighted by atomic mass is 10.1. The predicted molar refractivity (Wildman–Crippen MR) is 77.5 cm³/mol. The smallest absolute Gasteiger partial charge is 0.130 e. The average molecular weight is 275 g/mol. The van der Waals surface area contributed by atoms with Gasteiger partial charge < -0.3 is 5.32 Å². The molecule has 0 aliphatic carbocycles. The fourth-order valence-corrected chi connectivity index (χ4v) is 2.40. The first-order chi connectivity index (χ1) is 9.45. The van der Waals surface area contributed by atoms with Crippen LogP contribution in [-0.2, 0) is 6.54 Å². The Morgan fingerprint density at radius 3 is 2.25 bits per heavy atom. The van der Waals surface area contributed by atoms with Crippen LogP contribution in [-0.4, -0.2) is 0 Å². The zero-order chi connectivity index (χ0) is 14.7. The Morgan fingerprint density at radius 2 is 1.65 bits per heavy atom. The van der Waals surface area contributed by atoms with E-state index in [0.29, 0.717) is 12.1 Å². The summed E-state index contributed by atoms with van der Waals surface area (Å²) in [4.78, 5) is 0. The monoisotopic (exact) mass is 275 g/mol. The standard InChI is InChI=1S/C17H19F2N/c1-11-6-12(2)8-14(7-11)10-20-13(3)16-5-4-15(18)9-17(16)19/h4-9,13,20H,10H2,1-3H3. The van der Waals surface area contributed by atoms with E-state index in [1.165, 1.54) is 23.3 Å². The molecule has 2 aromatic carbocycles. The van der Waals surface area contributed by atoms with E-state index in [0.717, 1.165) is 11.6 Å². The van der Waals surface area contributed by atoms with Gasteiger partial charge in [-0.2, -0.15) is 0 Å². The van der Waals surface area contributed by atoms with Crippen molar-refractivity contribution >= 4 is 0 Å². The van der Waals surface area contributed by atoms with E-state index in [-0.39, 0.29) is 6.04 Å². The molecule has 0 heterocycles. The van der Waals surface area contributed by atoms with Crippen molar-refractivity contribution < 1.29 is 8.78 Å². The minimum absolute atomic E-state index is 0.170. The number of aryl methyl sites for hydroxylation is 2. The first-order valence-electron chi connectivity index (χ1n) is 6.71. The van der Waals surface area contributed by atoms with Crippen LogP contribution in [0.4, 0.5) is 8.78 Å². The van der Waals surface area contributed by atoms with E-state index < -0.39 is 11.6 Å². The van der Waals surface area contributed by atoms with Gasteiger partial charge in [-0.1, -0.05) is 35.4 Å². The predicted octanol–water partition coefficient (Wildman–Crippen LogP) is 4.43. The highest BCUT2D eigenvalue weighted by atomic mass is 19.1. The first kappa shape index (κ1) is 14.7. The lowest BCUT2D eigenvalue weighted by Gasteiger charge is -2.15. The van der Waals surface area contributed by atoms with Crippen LogP contribution >= 0.6 is 0 Å². The molecule has 1 unspecified atom stereocenters. The fraction of sp³-hybridized carbons (Fsp3) is 0.294. The molecule has 0 fully saturated rings. The minimum Gasteiger partial charge on any atom is -0.306 e. The molecule has 3 heteroatoms. The molecule has 1 nitrogen and oxygen atoms in total. The summed E-state index contributed by atoms with van der Waals surface area (Å²) < 4.78 is 26.6. The van der Waals surface area contributed by atoms with E-state index >= 15 is 0 Å². The highest BCUT2D eigenvalue weighted by molar-refractivity contribution is 5.29. The summed E-state index contributed by atoms with van der Waals surface area (Å²) in [5, 5.41) is 3.27. The molecule has 0 bridgehead atoms. The van der Waals surface area contributed by atoms with Crippen LogP contribution in [0.1, 0.15) is 35.2 Å². The molecular weight excluding hydrogens is 256 g/mol. The van der Waals surface area contributed by atoms with Crippen LogP contribution in [0.5, 0.6) is 0 Å². The number of rotatable bonds is 4. The maximum absolute atomic E-state index is 13.7. The normalized spacial score (nSPS) is 12.4. The second kappa shape index (κ2) is 6.14. The molecule has 1 N–H and O–H groups in total. The molecule has 0 radical (unpaired) electrons. The average Bonchev–Trinajstić information content (AvgIpc) is 2.35. The molecule has 0 spiro atoms. The largest absolute Gasteiger partial charge is 0.306 e. The van der Waals surface area contributed by atoms with E-state index in [2.05, 4.69) is 37.4 Å². The van der Waals surface area contributed by atoms with Crippen molar-refractivity contribution in [3.05, 3.63) is 70.3 Å². The minimum atomic E-state index is -0.548. The van der Waals surface area contributed by atoms with Gasteiger partial charge in [-0.15, -0.1) is 0 Å². The molecular formula is C17H19F2N. The van der Waals surface area contributed by atoms with Crippen molar-refractivity contribution in [3.63, 3.8) is 0 Å². The molecule has 2 rings (SSSR count). The Morgan fingerprint density at radius 1 is 1.00 bits per heavy atom. The van der Waals surface area contributed by atoms with Crippen molar-refractivity contribution in [1.29, 1.82) is 0 Å². The van der Waals surface area contributed by atoms with Gasteiger partial charge in [0.25, 0.3) is 0 Å². The summed E-state index contributed by atoms with van der Waals surface area (Å²) in [6.07, 6.45) is 0. The van der Waals surface area contributed by atoms with Gasteiger partial charge in [-0.25, -0.2) is 8.78 Å². The number of benzene rings is 2. The number of hydrogen-bond acceptors (Lipinski definition) is 1. The van der Waals surface area contributed by atoms with Crippen molar-refractivity contribution in [2.24, 2.45) is 0 Å². The molecule has 2 aromatic rings. The maximum atomic E-state index is 13.7. The van der Waals surface area contributed by atoms with Gasteiger partial charge in [0.2, 0.25) is 0 Å². The van der Waals surface area contributed by atoms with E-state index in [4.69, 9.17) is 0 Å². The SMILES string of the molecule is Cc1cc(C)cc(CNC(C)c2ccc(F)cc2F)c1. The molecule has 106 valence electrons. The second-order valence-electron chi connectivity index (χ2n) is 5.26. The van der Waals surface area contributed by atoms with Gasteiger partial charge in [-0.3, -0.25) is 0 Å². The number of hydrogen-bond donors (Lipinski definition) is 1. The fourth-order valence-electron chi connectivity index (χ4n) is 2.40. The molecule has 0 amide bonds. The van der Waals surface area contributed by atoms with Gasteiger partial charge in [-0.05, 0) is 32.4 Å². The van der Waals surface area contributed by atoms with Gasteiger partial charge in [0.05, 0.1) is 0 Å². The summed E-state index contributed by atoms with van der Waals surface area (Å²) in [7, 11) is 0. The third kappa shape index (κ3) is 3.64. The zero-order valence-corrected chi connectivity index (χ0v) is 12.0. The van der Waals surface area contributed by atoms with Crippen LogP contribution < -0.4 is 5.32 Å². The number of nitrogens with one attached hydrogen (secondary N) is 1. The van der Waals surface area contributed by atoms with Crippen LogP contribution in [0.15, 0.2) is 36.4 Å². The summed E-state index contributed by atoms with van der Waals surface area (Å²) in [6, 6.07) is 9.85. The van der Waals surface area contributed by atoms with Crippen molar-refractivity contribution in [3.8, 4) is 0 Å². The van der Waals surface area contributed by atoms with E-state index in [1.807, 2.05) is 6.92 Å². The topological polar surface area (TPSA) is 12.0 Å². The number of halogens is 2. The van der Waals surface area contributed by atoms with Crippen LogP contribution in [0.3, 0.4) is 0 Å². The Hall–Kier alpha value is -1.74. The molecule has 0 aliphatic heterocycles. The van der Waals surface area contributed by atoms with Gasteiger partial charge in [0.1, 0.15) is 11.6 Å². The molecule has 0 saturated heterocycles. The van der Waals surface area contributed by atoms with Crippen molar-refractivity contribution in [1.82, 2.24) is 5.32 Å². The first-order valence-corrected chi connectivity index (χ1v) is 6.71. The second-order valence-corrected chi connectivity index (χ2v) is 5.26. The lowest BCUT2D eigenvalue weighted by Crippen LogP contribution is -2.19. The maximum Gasteiger partial charge on any atom is 0.130 e. The Bertz CT molecular complexity index is 588. The summed E-state index contributed by atoms with van der Waals surface area (Å²) >= 11 is 0. The highest BCUT2D eigenvalue weighted by Crippen LogP contribution is 2.18. The molecule has 0 saturated carbocycles. The molecule has 20 heavy (non-hydrogen) atoms. The van der Waals surface area contributed by atoms with E-state index in [9.17, 15) is 8.78 Å². The Labute approximate surface area is 118 Å². The third-order valence-corrected chi connectivity index (χ3v) is 3.32. The van der Waals surface area contributed by atoms with Crippen LogP contribution in [0.25, 0.3) is 0 Å². The molecule has 1 atom stereocenters. The van der Waals surface area contributed by atoms with Crippen molar-refractivity contribution in [2.45, 2.75) is 33.4 Å². The van der Waals surface area contributed by atoms with Crippen LogP contribution in [0, 0.1) is 25.5 Å². The van der Waals surface area contributed by atoms with Crippen LogP contribution in [0.2, 0.25) is 0 Å². The summed E-state index contributed by atoms with van der Waals surface area (Å²) in [5.74, 6) is -1.06. The Kier molecular flexibility index (Phi) is 4.50. The highest BCUT2D eigenvalue weighted by Gasteiger charge is 2.11. The summed E-state index contributed by atoms with van der Waals surface area (Å²) in [5.41, 5.74) is 4.07. The van der Waals surface area contributed by atoms with Gasteiger partial charge >= 0.3 is 0 Å². The molecule has 0 aliphatic rings. The molecule has 0 aromatic heterocycles. The zero-order valence-electron chi connectivity index (χ0n) is 12.0. The summed E-state index contributed by atoms with van der Waals surface area (Å²) in [6.45, 7) is 6.64. The quantitative estimate of drug-likeness (QED) is 0.870. The van der Waals surface area contributed by atoms with Gasteiger partial charge in [0.15, 0.2) is 0 Å². The van der Waals surface area contributed by atoms with Gasteiger partial charge in [0, 0.05) is 24.2 Å². The van der Waals surface area contributed by atoms with Crippen molar-refractivity contribution in [2.75, 3.05) is 0 Å². The Balaban J connectivity index is 2.06. The third-order valence-electron chi connectivity index (χ3n) is 3.32.